The monoisotopic (exact) mass is 324 g/mol. The zero-order valence-electron chi connectivity index (χ0n) is 13.5. The van der Waals surface area contributed by atoms with Gasteiger partial charge in [0.1, 0.15) is 5.82 Å². The second-order valence-corrected chi connectivity index (χ2v) is 5.63. The molecule has 1 amide bonds. The Morgan fingerprint density at radius 1 is 1.21 bits per heavy atom. The van der Waals surface area contributed by atoms with Crippen molar-refractivity contribution in [3.63, 3.8) is 0 Å². The van der Waals surface area contributed by atoms with Crippen LogP contribution in [-0.4, -0.2) is 20.7 Å². The maximum absolute atomic E-state index is 13.5. The highest BCUT2D eigenvalue weighted by molar-refractivity contribution is 5.94. The first-order valence-corrected chi connectivity index (χ1v) is 7.50. The lowest BCUT2D eigenvalue weighted by Crippen LogP contribution is -2.23. The van der Waals surface area contributed by atoms with Gasteiger partial charge in [-0.3, -0.25) is 14.5 Å². The van der Waals surface area contributed by atoms with Gasteiger partial charge in [-0.25, -0.2) is 4.39 Å². The number of rotatable bonds is 4. The van der Waals surface area contributed by atoms with Crippen LogP contribution in [0.1, 0.15) is 21.5 Å². The van der Waals surface area contributed by atoms with Crippen molar-refractivity contribution in [2.24, 2.45) is 7.05 Å². The summed E-state index contributed by atoms with van der Waals surface area (Å²) >= 11 is 0. The predicted molar refractivity (Wildman–Crippen MR) is 88.7 cm³/mol. The Morgan fingerprint density at radius 2 is 2.04 bits per heavy atom. The number of hydrogen-bond donors (Lipinski definition) is 1. The van der Waals surface area contributed by atoms with Crippen molar-refractivity contribution in [3.8, 4) is 11.1 Å². The fraction of sp³-hybridized carbons (Fsp3) is 0.167. The number of carbonyl (C=O) groups is 1. The van der Waals surface area contributed by atoms with Crippen molar-refractivity contribution in [1.29, 1.82) is 0 Å². The summed E-state index contributed by atoms with van der Waals surface area (Å²) in [7, 11) is 1.85. The highest BCUT2D eigenvalue weighted by Crippen LogP contribution is 2.18. The number of halogens is 1. The van der Waals surface area contributed by atoms with E-state index in [1.807, 2.05) is 19.3 Å². The van der Waals surface area contributed by atoms with Crippen LogP contribution in [0.3, 0.4) is 0 Å². The molecule has 3 rings (SSSR count). The molecule has 0 spiro atoms. The Labute approximate surface area is 139 Å². The lowest BCUT2D eigenvalue weighted by molar-refractivity contribution is 0.0950. The molecule has 0 aliphatic heterocycles. The van der Waals surface area contributed by atoms with Crippen LogP contribution in [-0.2, 0) is 13.6 Å². The zero-order chi connectivity index (χ0) is 17.1. The lowest BCUT2D eigenvalue weighted by Gasteiger charge is -2.07. The Balaban J connectivity index is 1.70. The van der Waals surface area contributed by atoms with Crippen molar-refractivity contribution in [2.45, 2.75) is 13.5 Å². The molecule has 0 saturated heterocycles. The topological polar surface area (TPSA) is 59.8 Å². The van der Waals surface area contributed by atoms with Gasteiger partial charge in [-0.15, -0.1) is 0 Å². The molecule has 0 fully saturated rings. The molecule has 122 valence electrons. The summed E-state index contributed by atoms with van der Waals surface area (Å²) in [4.78, 5) is 16.3. The summed E-state index contributed by atoms with van der Waals surface area (Å²) in [6, 6.07) is 6.39. The summed E-state index contributed by atoms with van der Waals surface area (Å²) in [5, 5.41) is 6.91. The van der Waals surface area contributed by atoms with Gasteiger partial charge in [0.25, 0.3) is 5.91 Å². The fourth-order valence-corrected chi connectivity index (χ4v) is 2.33. The van der Waals surface area contributed by atoms with E-state index in [9.17, 15) is 9.18 Å². The number of amides is 1. The Morgan fingerprint density at radius 3 is 2.75 bits per heavy atom. The number of aryl methyl sites for hydroxylation is 2. The number of aromatic nitrogens is 3. The largest absolute Gasteiger partial charge is 0.348 e. The number of carbonyl (C=O) groups excluding carboxylic acids is 1. The van der Waals surface area contributed by atoms with Crippen molar-refractivity contribution >= 4 is 5.91 Å². The first-order chi connectivity index (χ1) is 11.5. The van der Waals surface area contributed by atoms with Gasteiger partial charge < -0.3 is 5.32 Å². The number of pyridine rings is 1. The van der Waals surface area contributed by atoms with Crippen LogP contribution in [0, 0.1) is 12.7 Å². The van der Waals surface area contributed by atoms with Crippen molar-refractivity contribution in [3.05, 3.63) is 71.6 Å². The highest BCUT2D eigenvalue weighted by Gasteiger charge is 2.09. The zero-order valence-corrected chi connectivity index (χ0v) is 13.5. The minimum Gasteiger partial charge on any atom is -0.348 e. The van der Waals surface area contributed by atoms with Gasteiger partial charge in [-0.05, 0) is 36.2 Å². The molecule has 1 N–H and O–H groups in total. The van der Waals surface area contributed by atoms with Crippen LogP contribution in [0.2, 0.25) is 0 Å². The molecular weight excluding hydrogens is 307 g/mol. The second kappa shape index (κ2) is 6.62. The number of hydrogen-bond acceptors (Lipinski definition) is 3. The third kappa shape index (κ3) is 3.48. The predicted octanol–water partition coefficient (Wildman–Crippen LogP) is 2.86. The molecule has 3 aromatic rings. The van der Waals surface area contributed by atoms with E-state index < -0.39 is 0 Å². The number of nitrogens with one attached hydrogen (secondary N) is 1. The molecule has 5 nitrogen and oxygen atoms in total. The molecule has 0 saturated carbocycles. The van der Waals surface area contributed by atoms with E-state index in [4.69, 9.17) is 0 Å². The second-order valence-electron chi connectivity index (χ2n) is 5.63. The molecular formula is C18H17FN4O. The summed E-state index contributed by atoms with van der Waals surface area (Å²) in [5.74, 6) is -0.705. The van der Waals surface area contributed by atoms with Crippen molar-refractivity contribution in [2.75, 3.05) is 0 Å². The number of nitrogens with zero attached hydrogens (tertiary/aromatic N) is 3. The average molecular weight is 324 g/mol. The standard InChI is InChI=1S/C18H17FN4O/c1-12-3-4-14(6-17(12)19)18(24)21-8-13-5-15(9-20-7-13)16-10-22-23(2)11-16/h3-7,9-11H,8H2,1-2H3,(H,21,24). The van der Waals surface area contributed by atoms with Crippen molar-refractivity contribution < 1.29 is 9.18 Å². The lowest BCUT2D eigenvalue weighted by atomic mass is 10.1. The van der Waals surface area contributed by atoms with Crippen LogP contribution in [0.4, 0.5) is 4.39 Å². The van der Waals surface area contributed by atoms with E-state index >= 15 is 0 Å². The quantitative estimate of drug-likeness (QED) is 0.803. The van der Waals surface area contributed by atoms with E-state index in [1.54, 1.807) is 42.3 Å². The first-order valence-electron chi connectivity index (χ1n) is 7.50. The Hall–Kier alpha value is -3.02. The van der Waals surface area contributed by atoms with E-state index in [2.05, 4.69) is 15.4 Å². The number of benzene rings is 1. The van der Waals surface area contributed by atoms with Gasteiger partial charge in [0, 0.05) is 48.9 Å². The van der Waals surface area contributed by atoms with Gasteiger partial charge in [0.05, 0.1) is 6.20 Å². The van der Waals surface area contributed by atoms with E-state index in [0.29, 0.717) is 17.7 Å². The SMILES string of the molecule is Cc1ccc(C(=O)NCc2cncc(-c3cnn(C)c3)c2)cc1F. The molecule has 24 heavy (non-hydrogen) atoms. The average Bonchev–Trinajstić information content (AvgIpc) is 3.02. The van der Waals surface area contributed by atoms with Gasteiger partial charge >= 0.3 is 0 Å². The van der Waals surface area contributed by atoms with E-state index in [0.717, 1.165) is 16.7 Å². The van der Waals surface area contributed by atoms with Crippen LogP contribution < -0.4 is 5.32 Å². The molecule has 2 heterocycles. The van der Waals surface area contributed by atoms with Crippen LogP contribution in [0.25, 0.3) is 11.1 Å². The van der Waals surface area contributed by atoms with Crippen LogP contribution in [0.15, 0.2) is 49.1 Å². The normalized spacial score (nSPS) is 10.6. The van der Waals surface area contributed by atoms with E-state index in [-0.39, 0.29) is 11.7 Å². The molecule has 6 heteroatoms. The molecule has 0 aliphatic rings. The van der Waals surface area contributed by atoms with Gasteiger partial charge in [-0.1, -0.05) is 6.07 Å². The molecule has 0 aliphatic carbocycles. The third-order valence-electron chi connectivity index (χ3n) is 3.72. The molecule has 0 atom stereocenters. The summed E-state index contributed by atoms with van der Waals surface area (Å²) in [6.07, 6.45) is 7.09. The molecule has 2 aromatic heterocycles. The maximum atomic E-state index is 13.5. The van der Waals surface area contributed by atoms with Gasteiger partial charge in [0.15, 0.2) is 0 Å². The summed E-state index contributed by atoms with van der Waals surface area (Å²) < 4.78 is 15.3. The molecule has 0 radical (unpaired) electrons. The fourth-order valence-electron chi connectivity index (χ4n) is 2.33. The maximum Gasteiger partial charge on any atom is 0.251 e. The Bertz CT molecular complexity index is 888. The molecule has 0 bridgehead atoms. The summed E-state index contributed by atoms with van der Waals surface area (Å²) in [5.41, 5.74) is 3.56. The van der Waals surface area contributed by atoms with Crippen molar-refractivity contribution in [1.82, 2.24) is 20.1 Å². The van der Waals surface area contributed by atoms with Crippen LogP contribution >= 0.6 is 0 Å². The van der Waals surface area contributed by atoms with Gasteiger partial charge in [0.2, 0.25) is 0 Å². The Kier molecular flexibility index (Phi) is 4.37. The third-order valence-corrected chi connectivity index (χ3v) is 3.72. The van der Waals surface area contributed by atoms with Crippen LogP contribution in [0.5, 0.6) is 0 Å². The minimum absolute atomic E-state index is 0.300. The molecule has 1 aromatic carbocycles. The first kappa shape index (κ1) is 15.9. The highest BCUT2D eigenvalue weighted by atomic mass is 19.1. The minimum atomic E-state index is -0.386. The van der Waals surface area contributed by atoms with E-state index in [1.165, 1.54) is 6.07 Å². The summed E-state index contributed by atoms with van der Waals surface area (Å²) in [6.45, 7) is 1.97. The smallest absolute Gasteiger partial charge is 0.251 e. The molecule has 0 unspecified atom stereocenters. The van der Waals surface area contributed by atoms with Gasteiger partial charge in [-0.2, -0.15) is 5.10 Å².